The van der Waals surface area contributed by atoms with Gasteiger partial charge in [0.05, 0.1) is 18.2 Å². The van der Waals surface area contributed by atoms with Crippen molar-refractivity contribution >= 4 is 11.9 Å². The van der Waals surface area contributed by atoms with Crippen molar-refractivity contribution < 1.29 is 23.8 Å². The van der Waals surface area contributed by atoms with Crippen molar-refractivity contribution in [1.29, 1.82) is 0 Å². The molecule has 1 aliphatic rings. The summed E-state index contributed by atoms with van der Waals surface area (Å²) in [5.74, 6) is -0.268. The monoisotopic (exact) mass is 436 g/mol. The molecule has 1 N–H and O–H groups in total. The Balaban J connectivity index is 1.50. The second kappa shape index (κ2) is 10.1. The van der Waals surface area contributed by atoms with Crippen LogP contribution in [0.3, 0.4) is 0 Å². The SMILES string of the molecule is O=C(O)COc1ccc(-c2cnccn2)cc1CN1CCCN(C(=O)c2ccco2)CC1. The molecule has 0 aliphatic carbocycles. The molecule has 1 saturated heterocycles. The summed E-state index contributed by atoms with van der Waals surface area (Å²) in [6.07, 6.45) is 7.24. The molecule has 0 unspecified atom stereocenters. The molecule has 2 aromatic heterocycles. The first-order valence-electron chi connectivity index (χ1n) is 10.4. The summed E-state index contributed by atoms with van der Waals surface area (Å²) in [5, 5.41) is 9.02. The van der Waals surface area contributed by atoms with Crippen molar-refractivity contribution in [2.45, 2.75) is 13.0 Å². The van der Waals surface area contributed by atoms with E-state index in [4.69, 9.17) is 14.3 Å². The van der Waals surface area contributed by atoms with E-state index in [9.17, 15) is 9.59 Å². The molecule has 0 radical (unpaired) electrons. The van der Waals surface area contributed by atoms with Crippen LogP contribution < -0.4 is 4.74 Å². The number of furan rings is 1. The topological polar surface area (TPSA) is 109 Å². The van der Waals surface area contributed by atoms with Crippen LogP contribution in [0.25, 0.3) is 11.3 Å². The molecule has 0 spiro atoms. The number of hydrogen-bond acceptors (Lipinski definition) is 7. The van der Waals surface area contributed by atoms with Gasteiger partial charge in [-0.05, 0) is 36.8 Å². The quantitative estimate of drug-likeness (QED) is 0.602. The molecule has 1 amide bonds. The van der Waals surface area contributed by atoms with Crippen LogP contribution in [0.15, 0.2) is 59.6 Å². The first-order valence-corrected chi connectivity index (χ1v) is 10.4. The van der Waals surface area contributed by atoms with Crippen LogP contribution in [0.5, 0.6) is 5.75 Å². The van der Waals surface area contributed by atoms with Crippen LogP contribution in [0.4, 0.5) is 0 Å². The predicted molar refractivity (Wildman–Crippen MR) is 115 cm³/mol. The van der Waals surface area contributed by atoms with Gasteiger partial charge in [0.1, 0.15) is 5.75 Å². The van der Waals surface area contributed by atoms with Crippen molar-refractivity contribution in [3.8, 4) is 17.0 Å². The molecule has 0 atom stereocenters. The van der Waals surface area contributed by atoms with E-state index in [0.29, 0.717) is 37.7 Å². The zero-order valence-corrected chi connectivity index (χ0v) is 17.5. The Bertz CT molecular complexity index is 1060. The molecule has 4 rings (SSSR count). The summed E-state index contributed by atoms with van der Waals surface area (Å²) in [7, 11) is 0. The van der Waals surface area contributed by atoms with Gasteiger partial charge >= 0.3 is 5.97 Å². The van der Waals surface area contributed by atoms with Gasteiger partial charge in [0.25, 0.3) is 5.91 Å². The van der Waals surface area contributed by atoms with Gasteiger partial charge in [0, 0.05) is 56.2 Å². The molecule has 0 bridgehead atoms. The minimum Gasteiger partial charge on any atom is -0.482 e. The first kappa shape index (κ1) is 21.5. The zero-order chi connectivity index (χ0) is 22.3. The maximum Gasteiger partial charge on any atom is 0.341 e. The van der Waals surface area contributed by atoms with E-state index in [-0.39, 0.29) is 5.91 Å². The van der Waals surface area contributed by atoms with Crippen molar-refractivity contribution in [3.63, 3.8) is 0 Å². The molecule has 1 aromatic carbocycles. The Hall–Kier alpha value is -3.72. The lowest BCUT2D eigenvalue weighted by atomic mass is 10.1. The third-order valence-corrected chi connectivity index (χ3v) is 5.27. The molecular weight excluding hydrogens is 412 g/mol. The average Bonchev–Trinajstić information content (AvgIpc) is 3.25. The lowest BCUT2D eigenvalue weighted by Gasteiger charge is -2.23. The fourth-order valence-electron chi connectivity index (χ4n) is 3.72. The van der Waals surface area contributed by atoms with E-state index < -0.39 is 12.6 Å². The first-order chi connectivity index (χ1) is 15.6. The van der Waals surface area contributed by atoms with Gasteiger partial charge in [-0.1, -0.05) is 0 Å². The molecule has 3 aromatic rings. The van der Waals surface area contributed by atoms with Gasteiger partial charge in [0.2, 0.25) is 0 Å². The maximum absolute atomic E-state index is 12.6. The summed E-state index contributed by atoms with van der Waals surface area (Å²) in [6.45, 7) is 2.86. The summed E-state index contributed by atoms with van der Waals surface area (Å²) in [4.78, 5) is 36.1. The molecular formula is C23H24N4O5. The number of carbonyl (C=O) groups is 2. The number of benzene rings is 1. The van der Waals surface area contributed by atoms with E-state index in [1.54, 1.807) is 41.7 Å². The number of carboxylic acid groups (broad SMARTS) is 1. The minimum atomic E-state index is -1.03. The summed E-state index contributed by atoms with van der Waals surface area (Å²) in [6, 6.07) is 8.96. The second-order valence-corrected chi connectivity index (χ2v) is 7.49. The maximum atomic E-state index is 12.6. The van der Waals surface area contributed by atoms with E-state index in [2.05, 4.69) is 14.9 Å². The average molecular weight is 436 g/mol. The largest absolute Gasteiger partial charge is 0.482 e. The number of ether oxygens (including phenoxy) is 1. The molecule has 1 fully saturated rings. The number of nitrogens with zero attached hydrogens (tertiary/aromatic N) is 4. The van der Waals surface area contributed by atoms with E-state index in [1.165, 1.54) is 6.26 Å². The van der Waals surface area contributed by atoms with Crippen LogP contribution in [-0.4, -0.2) is 69.5 Å². The van der Waals surface area contributed by atoms with Crippen molar-refractivity contribution in [2.75, 3.05) is 32.8 Å². The third-order valence-electron chi connectivity index (χ3n) is 5.27. The second-order valence-electron chi connectivity index (χ2n) is 7.49. The molecule has 32 heavy (non-hydrogen) atoms. The highest BCUT2D eigenvalue weighted by molar-refractivity contribution is 5.91. The Morgan fingerprint density at radius 2 is 2.03 bits per heavy atom. The summed E-state index contributed by atoms with van der Waals surface area (Å²) >= 11 is 0. The molecule has 9 nitrogen and oxygen atoms in total. The Morgan fingerprint density at radius 1 is 1.12 bits per heavy atom. The van der Waals surface area contributed by atoms with Gasteiger partial charge in [-0.2, -0.15) is 0 Å². The van der Waals surface area contributed by atoms with Crippen LogP contribution in [-0.2, 0) is 11.3 Å². The van der Waals surface area contributed by atoms with Crippen molar-refractivity contribution in [3.05, 3.63) is 66.5 Å². The van der Waals surface area contributed by atoms with Crippen LogP contribution in [0, 0.1) is 0 Å². The van der Waals surface area contributed by atoms with Gasteiger partial charge in [-0.15, -0.1) is 0 Å². The fraction of sp³-hybridized carbons (Fsp3) is 0.304. The summed E-state index contributed by atoms with van der Waals surface area (Å²) < 4.78 is 10.8. The van der Waals surface area contributed by atoms with Crippen LogP contribution in [0.2, 0.25) is 0 Å². The number of hydrogen-bond donors (Lipinski definition) is 1. The normalized spacial score (nSPS) is 14.7. The number of carbonyl (C=O) groups excluding carboxylic acids is 1. The number of amides is 1. The predicted octanol–water partition coefficient (Wildman–Crippen LogP) is 2.55. The van der Waals surface area contributed by atoms with Gasteiger partial charge in [0.15, 0.2) is 12.4 Å². The van der Waals surface area contributed by atoms with Crippen LogP contribution >= 0.6 is 0 Å². The van der Waals surface area contributed by atoms with Gasteiger partial charge in [-0.3, -0.25) is 19.7 Å². The van der Waals surface area contributed by atoms with E-state index in [0.717, 1.165) is 29.8 Å². The molecule has 0 saturated carbocycles. The number of aromatic nitrogens is 2. The zero-order valence-electron chi connectivity index (χ0n) is 17.5. The van der Waals surface area contributed by atoms with Crippen molar-refractivity contribution in [2.24, 2.45) is 0 Å². The lowest BCUT2D eigenvalue weighted by molar-refractivity contribution is -0.139. The minimum absolute atomic E-state index is 0.105. The van der Waals surface area contributed by atoms with Crippen molar-refractivity contribution in [1.82, 2.24) is 19.8 Å². The van der Waals surface area contributed by atoms with Crippen LogP contribution in [0.1, 0.15) is 22.5 Å². The third kappa shape index (κ3) is 5.30. The Kier molecular flexibility index (Phi) is 6.76. The smallest absolute Gasteiger partial charge is 0.341 e. The highest BCUT2D eigenvalue weighted by Gasteiger charge is 2.23. The molecule has 3 heterocycles. The molecule has 1 aliphatic heterocycles. The van der Waals surface area contributed by atoms with E-state index >= 15 is 0 Å². The summed E-state index contributed by atoms with van der Waals surface area (Å²) in [5.41, 5.74) is 2.46. The Morgan fingerprint density at radius 3 is 2.78 bits per heavy atom. The molecule has 166 valence electrons. The fourth-order valence-corrected chi connectivity index (χ4v) is 3.72. The number of carboxylic acids is 1. The number of aliphatic carboxylic acids is 1. The molecule has 9 heteroatoms. The highest BCUT2D eigenvalue weighted by Crippen LogP contribution is 2.27. The standard InChI is InChI=1S/C23H24N4O5/c28-22(29)16-32-20-5-4-17(19-14-24-6-7-25-19)13-18(20)15-26-8-2-9-27(11-10-26)23(30)21-3-1-12-31-21/h1,3-7,12-14H,2,8-11,15-16H2,(H,28,29). The van der Waals surface area contributed by atoms with Gasteiger partial charge in [-0.25, -0.2) is 4.79 Å². The lowest BCUT2D eigenvalue weighted by Crippen LogP contribution is -2.35. The Labute approximate surface area is 185 Å². The van der Waals surface area contributed by atoms with Gasteiger partial charge < -0.3 is 19.2 Å². The highest BCUT2D eigenvalue weighted by atomic mass is 16.5. The number of rotatable bonds is 7. The van der Waals surface area contributed by atoms with E-state index in [1.807, 2.05) is 12.1 Å².